The number of hydrogen-bond acceptors (Lipinski definition) is 6. The van der Waals surface area contributed by atoms with Gasteiger partial charge in [-0.1, -0.05) is 72.8 Å². The van der Waals surface area contributed by atoms with Gasteiger partial charge in [0.05, 0.1) is 20.3 Å². The summed E-state index contributed by atoms with van der Waals surface area (Å²) in [6.07, 6.45) is 0.658. The van der Waals surface area contributed by atoms with Crippen LogP contribution in [-0.2, 0) is 9.47 Å². The first-order valence-corrected chi connectivity index (χ1v) is 15.1. The normalized spacial score (nSPS) is 16.8. The molecule has 7 nitrogen and oxygen atoms in total. The minimum Gasteiger partial charge on any atom is -0.496 e. The van der Waals surface area contributed by atoms with E-state index in [1.807, 2.05) is 74.2 Å². The maximum absolute atomic E-state index is 13.7. The third-order valence-corrected chi connectivity index (χ3v) is 8.18. The Labute approximate surface area is 259 Å². The molecule has 0 bridgehead atoms. The molecule has 0 saturated carbocycles. The number of methoxy groups -OCH3 is 2. The number of benzene rings is 4. The molecular weight excluding hydrogens is 554 g/mol. The molecule has 0 spiro atoms. The standard InChI is InChI=1S/C37H41NO6/c1-24(27-17-11-14-25-13-7-8-15-28(25)27)38(36(40)44-37(2,3)4)22-21-26-23-32(29-16-9-10-20-33(29)43-26)30-18-12-19-31(34(30)41-5)35(39)42-6/h7-20,24,26,32H,21-23H2,1-6H3. The second-order valence-electron chi connectivity index (χ2n) is 12.2. The first kappa shape index (κ1) is 30.9. The second-order valence-corrected chi connectivity index (χ2v) is 12.2. The number of amides is 1. The number of carbonyl (C=O) groups excluding carboxylic acids is 2. The van der Waals surface area contributed by atoms with Crippen molar-refractivity contribution in [1.82, 2.24) is 4.90 Å². The smallest absolute Gasteiger partial charge is 0.410 e. The molecule has 0 fully saturated rings. The summed E-state index contributed by atoms with van der Waals surface area (Å²) in [4.78, 5) is 28.1. The van der Waals surface area contributed by atoms with E-state index >= 15 is 0 Å². The van der Waals surface area contributed by atoms with Gasteiger partial charge in [-0.25, -0.2) is 9.59 Å². The van der Waals surface area contributed by atoms with Gasteiger partial charge in [0.25, 0.3) is 0 Å². The van der Waals surface area contributed by atoms with Crippen LogP contribution in [0.3, 0.4) is 0 Å². The van der Waals surface area contributed by atoms with Gasteiger partial charge >= 0.3 is 12.1 Å². The van der Waals surface area contributed by atoms with Gasteiger partial charge in [0, 0.05) is 30.0 Å². The highest BCUT2D eigenvalue weighted by molar-refractivity contribution is 5.93. The summed E-state index contributed by atoms with van der Waals surface area (Å²) in [5, 5.41) is 2.23. The Bertz CT molecular complexity index is 1640. The predicted octanol–water partition coefficient (Wildman–Crippen LogP) is 8.31. The van der Waals surface area contributed by atoms with E-state index in [9.17, 15) is 9.59 Å². The summed E-state index contributed by atoms with van der Waals surface area (Å²) in [5.41, 5.74) is 2.72. The van der Waals surface area contributed by atoms with Gasteiger partial charge < -0.3 is 23.8 Å². The predicted molar refractivity (Wildman–Crippen MR) is 172 cm³/mol. The Morgan fingerprint density at radius 3 is 2.34 bits per heavy atom. The van der Waals surface area contributed by atoms with E-state index in [0.717, 1.165) is 33.2 Å². The van der Waals surface area contributed by atoms with Gasteiger partial charge in [-0.2, -0.15) is 0 Å². The fourth-order valence-electron chi connectivity index (χ4n) is 6.12. The Morgan fingerprint density at radius 2 is 1.59 bits per heavy atom. The van der Waals surface area contributed by atoms with E-state index in [0.29, 0.717) is 30.7 Å². The SMILES string of the molecule is COC(=O)c1cccc(C2CC(CCN(C(=O)OC(C)(C)C)C(C)c3cccc4ccccc34)Oc3ccccc32)c1OC. The van der Waals surface area contributed by atoms with Crippen molar-refractivity contribution in [1.29, 1.82) is 0 Å². The Kier molecular flexibility index (Phi) is 9.14. The van der Waals surface area contributed by atoms with Crippen LogP contribution in [0.1, 0.15) is 79.5 Å². The van der Waals surface area contributed by atoms with E-state index in [2.05, 4.69) is 37.3 Å². The molecule has 0 aromatic heterocycles. The molecule has 1 aliphatic heterocycles. The van der Waals surface area contributed by atoms with Crippen molar-refractivity contribution in [2.75, 3.05) is 20.8 Å². The van der Waals surface area contributed by atoms with Crippen LogP contribution < -0.4 is 9.47 Å². The number of ether oxygens (including phenoxy) is 4. The largest absolute Gasteiger partial charge is 0.496 e. The number of fused-ring (bicyclic) bond motifs is 2. The van der Waals surface area contributed by atoms with Crippen molar-refractivity contribution in [3.05, 3.63) is 107 Å². The second kappa shape index (κ2) is 13.0. The summed E-state index contributed by atoms with van der Waals surface area (Å²) >= 11 is 0. The molecule has 0 aliphatic carbocycles. The molecule has 4 aromatic carbocycles. The van der Waals surface area contributed by atoms with Crippen molar-refractivity contribution in [2.24, 2.45) is 0 Å². The number of rotatable bonds is 8. The minimum absolute atomic E-state index is 0.0880. The lowest BCUT2D eigenvalue weighted by Crippen LogP contribution is -2.41. The lowest BCUT2D eigenvalue weighted by molar-refractivity contribution is 0.0141. The zero-order valence-corrected chi connectivity index (χ0v) is 26.3. The van der Waals surface area contributed by atoms with E-state index in [1.54, 1.807) is 13.2 Å². The van der Waals surface area contributed by atoms with Crippen molar-refractivity contribution in [3.63, 3.8) is 0 Å². The molecule has 1 aliphatic rings. The third-order valence-electron chi connectivity index (χ3n) is 8.18. The number of carbonyl (C=O) groups is 2. The molecule has 0 saturated heterocycles. The fraction of sp³-hybridized carbons (Fsp3) is 0.351. The molecule has 1 amide bonds. The maximum Gasteiger partial charge on any atom is 0.410 e. The first-order chi connectivity index (χ1) is 21.1. The summed E-state index contributed by atoms with van der Waals surface area (Å²) in [6.45, 7) is 8.13. The van der Waals surface area contributed by atoms with E-state index in [-0.39, 0.29) is 24.2 Å². The van der Waals surface area contributed by atoms with Crippen LogP contribution in [-0.4, -0.2) is 49.4 Å². The molecule has 0 radical (unpaired) electrons. The minimum atomic E-state index is -0.639. The van der Waals surface area contributed by atoms with E-state index in [1.165, 1.54) is 7.11 Å². The Hall–Kier alpha value is -4.52. The van der Waals surface area contributed by atoms with E-state index < -0.39 is 11.6 Å². The summed E-state index contributed by atoms with van der Waals surface area (Å²) < 4.78 is 23.2. The van der Waals surface area contributed by atoms with Crippen molar-refractivity contribution >= 4 is 22.8 Å². The van der Waals surface area contributed by atoms with E-state index in [4.69, 9.17) is 18.9 Å². The Morgan fingerprint density at radius 1 is 0.909 bits per heavy atom. The summed E-state index contributed by atoms with van der Waals surface area (Å²) in [6, 6.07) is 27.7. The molecule has 3 atom stereocenters. The lowest BCUT2D eigenvalue weighted by atomic mass is 9.82. The van der Waals surface area contributed by atoms with Gasteiger partial charge in [-0.15, -0.1) is 0 Å². The van der Waals surface area contributed by atoms with Crippen molar-refractivity contribution in [3.8, 4) is 11.5 Å². The molecule has 5 rings (SSSR count). The topological polar surface area (TPSA) is 74.3 Å². The molecule has 7 heteroatoms. The highest BCUT2D eigenvalue weighted by Crippen LogP contribution is 2.45. The highest BCUT2D eigenvalue weighted by atomic mass is 16.6. The molecule has 4 aromatic rings. The van der Waals surface area contributed by atoms with Gasteiger partial charge in [0.15, 0.2) is 0 Å². The van der Waals surface area contributed by atoms with Crippen LogP contribution in [0, 0.1) is 0 Å². The average Bonchev–Trinajstić information content (AvgIpc) is 3.02. The fourth-order valence-corrected chi connectivity index (χ4v) is 6.12. The number of hydrogen-bond donors (Lipinski definition) is 0. The number of nitrogens with zero attached hydrogens (tertiary/aromatic N) is 1. The van der Waals surface area contributed by atoms with Crippen molar-refractivity contribution < 1.29 is 28.5 Å². The van der Waals surface area contributed by atoms with Gasteiger partial charge in [0.1, 0.15) is 28.8 Å². The summed E-state index contributed by atoms with van der Waals surface area (Å²) in [5.74, 6) is 0.746. The van der Waals surface area contributed by atoms with Crippen LogP contribution >= 0.6 is 0 Å². The van der Waals surface area contributed by atoms with Gasteiger partial charge in [0.2, 0.25) is 0 Å². The molecule has 0 N–H and O–H groups in total. The van der Waals surface area contributed by atoms with Crippen LogP contribution in [0.15, 0.2) is 84.9 Å². The van der Waals surface area contributed by atoms with Crippen LogP contribution in [0.5, 0.6) is 11.5 Å². The molecule has 3 unspecified atom stereocenters. The van der Waals surface area contributed by atoms with Crippen LogP contribution in [0.4, 0.5) is 4.79 Å². The average molecular weight is 596 g/mol. The monoisotopic (exact) mass is 595 g/mol. The molecule has 1 heterocycles. The molecular formula is C37H41NO6. The van der Waals surface area contributed by atoms with Gasteiger partial charge in [-0.05, 0) is 62.6 Å². The quantitative estimate of drug-likeness (QED) is 0.191. The third kappa shape index (κ3) is 6.52. The number of esters is 1. The van der Waals surface area contributed by atoms with Crippen molar-refractivity contribution in [2.45, 2.75) is 64.2 Å². The maximum atomic E-state index is 13.7. The summed E-state index contributed by atoms with van der Waals surface area (Å²) in [7, 11) is 2.94. The highest BCUT2D eigenvalue weighted by Gasteiger charge is 2.34. The zero-order valence-electron chi connectivity index (χ0n) is 26.3. The molecule has 44 heavy (non-hydrogen) atoms. The first-order valence-electron chi connectivity index (χ1n) is 15.1. The van der Waals surface area contributed by atoms with Crippen LogP contribution in [0.2, 0.25) is 0 Å². The molecule has 230 valence electrons. The lowest BCUT2D eigenvalue weighted by Gasteiger charge is -2.36. The van der Waals surface area contributed by atoms with Crippen LogP contribution in [0.25, 0.3) is 10.8 Å². The Balaban J connectivity index is 1.46. The number of para-hydroxylation sites is 2. The zero-order chi connectivity index (χ0) is 31.4. The van der Waals surface area contributed by atoms with Gasteiger partial charge in [-0.3, -0.25) is 0 Å².